The molecule has 0 bridgehead atoms. The SMILES string of the molecule is C[C@@H]1CC[C@@]2(OC1)OC1CC3C4CC=C5C[C@@H](O[C@@H]6O[C@H](CO)[C@@H](O)[C@H](O)[C@H]6N)CC[C@]5(C)C4CC[C@]3(C)C1[C@@H]2C. The van der Waals surface area contributed by atoms with Gasteiger partial charge in [-0.15, -0.1) is 0 Å². The summed E-state index contributed by atoms with van der Waals surface area (Å²) < 4.78 is 25.6. The largest absolute Gasteiger partial charge is 0.394 e. The Hall–Kier alpha value is -0.580. The molecule has 41 heavy (non-hydrogen) atoms. The predicted molar refractivity (Wildman–Crippen MR) is 152 cm³/mol. The molecule has 0 aromatic carbocycles. The van der Waals surface area contributed by atoms with Crippen molar-refractivity contribution < 1.29 is 34.3 Å². The van der Waals surface area contributed by atoms with Crippen molar-refractivity contribution in [3.05, 3.63) is 11.6 Å². The van der Waals surface area contributed by atoms with Crippen LogP contribution in [0.2, 0.25) is 0 Å². The summed E-state index contributed by atoms with van der Waals surface area (Å²) in [5.41, 5.74) is 8.18. The Kier molecular flexibility index (Phi) is 7.27. The van der Waals surface area contributed by atoms with E-state index in [-0.39, 0.29) is 23.9 Å². The summed E-state index contributed by atoms with van der Waals surface area (Å²) in [5, 5.41) is 30.1. The average molecular weight is 576 g/mol. The van der Waals surface area contributed by atoms with Gasteiger partial charge in [-0.05, 0) is 91.8 Å². The van der Waals surface area contributed by atoms with Crippen LogP contribution < -0.4 is 5.73 Å². The van der Waals surface area contributed by atoms with Gasteiger partial charge in [0.2, 0.25) is 0 Å². The highest BCUT2D eigenvalue weighted by Crippen LogP contribution is 2.70. The summed E-state index contributed by atoms with van der Waals surface area (Å²) in [6, 6.07) is -0.852. The number of nitrogens with two attached hydrogens (primary N) is 1. The zero-order valence-electron chi connectivity index (χ0n) is 25.4. The van der Waals surface area contributed by atoms with E-state index in [0.29, 0.717) is 47.0 Å². The van der Waals surface area contributed by atoms with Crippen molar-refractivity contribution in [3.63, 3.8) is 0 Å². The predicted octanol–water partition coefficient (Wildman–Crippen LogP) is 3.50. The quantitative estimate of drug-likeness (QED) is 0.377. The lowest BCUT2D eigenvalue weighted by molar-refractivity contribution is -0.280. The van der Waals surface area contributed by atoms with Crippen molar-refractivity contribution >= 4 is 0 Å². The molecule has 5 unspecified atom stereocenters. The van der Waals surface area contributed by atoms with Gasteiger partial charge >= 0.3 is 0 Å². The third kappa shape index (κ3) is 4.29. The number of ether oxygens (including phenoxy) is 4. The zero-order valence-corrected chi connectivity index (χ0v) is 25.4. The number of fused-ring (bicyclic) bond motifs is 7. The maximum atomic E-state index is 10.4. The minimum absolute atomic E-state index is 0.0490. The van der Waals surface area contributed by atoms with E-state index in [1.165, 1.54) is 31.3 Å². The van der Waals surface area contributed by atoms with Crippen molar-refractivity contribution in [2.45, 2.75) is 134 Å². The Labute approximate surface area is 245 Å². The summed E-state index contributed by atoms with van der Waals surface area (Å²) in [6.07, 6.45) is 8.60. The summed E-state index contributed by atoms with van der Waals surface area (Å²) >= 11 is 0. The first-order valence-electron chi connectivity index (χ1n) is 16.6. The first-order valence-corrected chi connectivity index (χ1v) is 16.6. The molecule has 0 aromatic rings. The number of aliphatic hydroxyl groups is 3. The van der Waals surface area contributed by atoms with Gasteiger partial charge in [0.05, 0.1) is 31.5 Å². The molecular weight excluding hydrogens is 522 g/mol. The second-order valence-electron chi connectivity index (χ2n) is 15.6. The fourth-order valence-electron chi connectivity index (χ4n) is 11.2. The summed E-state index contributed by atoms with van der Waals surface area (Å²) in [5.74, 6) is 3.38. The number of hydrogen-bond acceptors (Lipinski definition) is 8. The molecule has 232 valence electrons. The van der Waals surface area contributed by atoms with Crippen LogP contribution in [0.1, 0.15) is 85.5 Å². The molecule has 8 nitrogen and oxygen atoms in total. The van der Waals surface area contributed by atoms with E-state index in [0.717, 1.165) is 38.7 Å². The standard InChI is InChI=1S/C33H53NO7/c1-17-7-12-33(38-16-17)18(2)26-24(41-33)14-23-21-6-5-19-13-20(8-10-31(19,3)22(21)9-11-32(23,26)4)39-30-27(34)29(37)28(36)25(15-35)40-30/h5,17-18,20-30,35-37H,6-16,34H2,1-4H3/t17-,18+,20+,21?,22?,23?,24?,25-,26?,27-,28-,29-,30-,31+,32+,33-/m1/s1. The molecule has 1 spiro atoms. The van der Waals surface area contributed by atoms with Crippen molar-refractivity contribution in [2.75, 3.05) is 13.2 Å². The summed E-state index contributed by atoms with van der Waals surface area (Å²) in [4.78, 5) is 0. The smallest absolute Gasteiger partial charge is 0.176 e. The molecule has 3 aliphatic heterocycles. The third-order valence-electron chi connectivity index (χ3n) is 13.6. The van der Waals surface area contributed by atoms with Crippen molar-refractivity contribution in [1.82, 2.24) is 0 Å². The lowest BCUT2D eigenvalue weighted by Crippen LogP contribution is -2.63. The Morgan fingerprint density at radius 1 is 1.05 bits per heavy atom. The van der Waals surface area contributed by atoms with E-state index in [9.17, 15) is 15.3 Å². The van der Waals surface area contributed by atoms with Crippen molar-refractivity contribution in [1.29, 1.82) is 0 Å². The molecule has 16 atom stereocenters. The van der Waals surface area contributed by atoms with E-state index < -0.39 is 30.6 Å². The van der Waals surface area contributed by atoms with Gasteiger partial charge in [0.15, 0.2) is 12.1 Å². The number of aliphatic hydroxyl groups excluding tert-OH is 3. The average Bonchev–Trinajstić information content (AvgIpc) is 3.40. The fraction of sp³-hybridized carbons (Fsp3) is 0.939. The van der Waals surface area contributed by atoms with Gasteiger partial charge in [-0.25, -0.2) is 0 Å². The van der Waals surface area contributed by atoms with Gasteiger partial charge < -0.3 is 40.0 Å². The van der Waals surface area contributed by atoms with Crippen LogP contribution in [-0.4, -0.2) is 77.2 Å². The third-order valence-corrected chi connectivity index (χ3v) is 13.6. The molecule has 8 heteroatoms. The van der Waals surface area contributed by atoms with Crippen molar-refractivity contribution in [3.8, 4) is 0 Å². The highest BCUT2D eigenvalue weighted by atomic mass is 16.7. The van der Waals surface area contributed by atoms with Gasteiger partial charge in [0.25, 0.3) is 0 Å². The minimum atomic E-state index is -1.22. The summed E-state index contributed by atoms with van der Waals surface area (Å²) in [7, 11) is 0. The van der Waals surface area contributed by atoms with Crippen LogP contribution in [0.15, 0.2) is 11.6 Å². The molecule has 3 heterocycles. The first kappa shape index (κ1) is 29.1. The van der Waals surface area contributed by atoms with Crippen LogP contribution >= 0.6 is 0 Å². The highest BCUT2D eigenvalue weighted by molar-refractivity contribution is 5.26. The van der Waals surface area contributed by atoms with Gasteiger partial charge in [-0.3, -0.25) is 0 Å². The maximum absolute atomic E-state index is 10.4. The zero-order chi connectivity index (χ0) is 28.9. The number of rotatable bonds is 3. The second-order valence-corrected chi connectivity index (χ2v) is 15.6. The van der Waals surface area contributed by atoms with Gasteiger partial charge in [-0.1, -0.05) is 39.3 Å². The van der Waals surface area contributed by atoms with Crippen LogP contribution in [0, 0.1) is 46.3 Å². The second kappa shape index (κ2) is 10.2. The van der Waals surface area contributed by atoms with Gasteiger partial charge in [-0.2, -0.15) is 0 Å². The Morgan fingerprint density at radius 3 is 2.59 bits per heavy atom. The molecule has 0 radical (unpaired) electrons. The van der Waals surface area contributed by atoms with E-state index in [1.54, 1.807) is 0 Å². The van der Waals surface area contributed by atoms with E-state index >= 15 is 0 Å². The van der Waals surface area contributed by atoms with E-state index in [1.807, 2.05) is 0 Å². The Morgan fingerprint density at radius 2 is 1.85 bits per heavy atom. The maximum Gasteiger partial charge on any atom is 0.176 e. The van der Waals surface area contributed by atoms with E-state index in [2.05, 4.69) is 33.8 Å². The van der Waals surface area contributed by atoms with Crippen LogP contribution in [0.4, 0.5) is 0 Å². The van der Waals surface area contributed by atoms with Crippen LogP contribution in [0.3, 0.4) is 0 Å². The fourth-order valence-corrected chi connectivity index (χ4v) is 11.2. The molecule has 3 saturated heterocycles. The number of hydrogen-bond donors (Lipinski definition) is 4. The molecule has 3 saturated carbocycles. The monoisotopic (exact) mass is 575 g/mol. The molecule has 4 aliphatic carbocycles. The highest BCUT2D eigenvalue weighted by Gasteiger charge is 2.68. The van der Waals surface area contributed by atoms with Crippen LogP contribution in [-0.2, 0) is 18.9 Å². The van der Waals surface area contributed by atoms with Gasteiger partial charge in [0, 0.05) is 12.3 Å². The lowest BCUT2D eigenvalue weighted by atomic mass is 9.47. The Bertz CT molecular complexity index is 1030. The molecule has 7 rings (SSSR count). The van der Waals surface area contributed by atoms with Crippen LogP contribution in [0.5, 0.6) is 0 Å². The summed E-state index contributed by atoms with van der Waals surface area (Å²) in [6.45, 7) is 10.2. The van der Waals surface area contributed by atoms with Crippen molar-refractivity contribution in [2.24, 2.45) is 52.1 Å². The molecule has 7 aliphatic rings. The molecule has 5 N–H and O–H groups in total. The molecule has 0 aromatic heterocycles. The normalized spacial score (nSPS) is 58.3. The molecule has 0 amide bonds. The van der Waals surface area contributed by atoms with Gasteiger partial charge in [0.1, 0.15) is 18.3 Å². The minimum Gasteiger partial charge on any atom is -0.394 e. The first-order chi connectivity index (χ1) is 19.5. The number of allylic oxidation sites excluding steroid dienone is 1. The lowest BCUT2D eigenvalue weighted by Gasteiger charge is -2.58. The van der Waals surface area contributed by atoms with E-state index in [4.69, 9.17) is 24.7 Å². The molecular formula is C33H53NO7. The Balaban J connectivity index is 1.05. The molecule has 6 fully saturated rings. The van der Waals surface area contributed by atoms with Crippen LogP contribution in [0.25, 0.3) is 0 Å². The topological polar surface area (TPSA) is 124 Å².